The summed E-state index contributed by atoms with van der Waals surface area (Å²) < 4.78 is 0. The van der Waals surface area contributed by atoms with Crippen molar-refractivity contribution in [2.75, 3.05) is 9.91 Å². The van der Waals surface area contributed by atoms with Crippen LogP contribution in [0, 0.1) is 5.92 Å². The number of rotatable bonds is 3. The molecule has 136 valence electrons. The van der Waals surface area contributed by atoms with Gasteiger partial charge in [-0.15, -0.1) is 0 Å². The van der Waals surface area contributed by atoms with Gasteiger partial charge in [0.2, 0.25) is 5.91 Å². The molecule has 0 aromatic heterocycles. The Morgan fingerprint density at radius 1 is 0.963 bits per heavy atom. The highest BCUT2D eigenvalue weighted by Gasteiger charge is 2.58. The van der Waals surface area contributed by atoms with E-state index in [9.17, 15) is 14.4 Å². The van der Waals surface area contributed by atoms with E-state index >= 15 is 0 Å². The van der Waals surface area contributed by atoms with E-state index < -0.39 is 23.8 Å². The minimum Gasteiger partial charge on any atom is -0.293 e. The molecule has 2 atom stereocenters. The molecule has 0 spiro atoms. The van der Waals surface area contributed by atoms with Gasteiger partial charge in [0.15, 0.2) is 5.78 Å². The highest BCUT2D eigenvalue weighted by Crippen LogP contribution is 2.38. The van der Waals surface area contributed by atoms with E-state index in [1.807, 2.05) is 0 Å². The maximum Gasteiger partial charge on any atom is 0.259 e. The third-order valence-corrected chi connectivity index (χ3v) is 5.05. The highest BCUT2D eigenvalue weighted by molar-refractivity contribution is 6.49. The fraction of sp³-hybridized carbons (Fsp3) is 0.158. The Bertz CT molecular complexity index is 1000. The topological polar surface area (TPSA) is 70.1 Å². The SMILES string of the molecule is CC(=O)C1=NN(c2ccc(Cl)cc2)[C@@H]2C(=O)N(c3cccc(Cl)c3)C(=O)[C@H]12. The summed E-state index contributed by atoms with van der Waals surface area (Å²) in [6.07, 6.45) is 0. The zero-order chi connectivity index (χ0) is 19.3. The molecule has 0 saturated carbocycles. The Kier molecular flexibility index (Phi) is 4.25. The van der Waals surface area contributed by atoms with Gasteiger partial charge in [-0.1, -0.05) is 29.3 Å². The normalized spacial score (nSPS) is 21.5. The summed E-state index contributed by atoms with van der Waals surface area (Å²) in [5.74, 6) is -2.25. The minimum absolute atomic E-state index is 0.0674. The van der Waals surface area contributed by atoms with Gasteiger partial charge in [-0.25, -0.2) is 4.90 Å². The monoisotopic (exact) mass is 401 g/mol. The predicted molar refractivity (Wildman–Crippen MR) is 103 cm³/mol. The third kappa shape index (κ3) is 2.81. The van der Waals surface area contributed by atoms with Crippen molar-refractivity contribution in [2.24, 2.45) is 11.0 Å². The predicted octanol–water partition coefficient (Wildman–Crippen LogP) is 3.32. The number of imide groups is 1. The number of anilines is 2. The molecule has 1 fully saturated rings. The summed E-state index contributed by atoms with van der Waals surface area (Å²) >= 11 is 11.9. The number of hydrogen-bond acceptors (Lipinski definition) is 5. The largest absolute Gasteiger partial charge is 0.293 e. The van der Waals surface area contributed by atoms with Crippen LogP contribution in [0.15, 0.2) is 53.6 Å². The van der Waals surface area contributed by atoms with Crippen molar-refractivity contribution in [2.45, 2.75) is 13.0 Å². The van der Waals surface area contributed by atoms with Crippen LogP contribution in [-0.4, -0.2) is 29.4 Å². The van der Waals surface area contributed by atoms with E-state index in [0.717, 1.165) is 4.90 Å². The number of carbonyl (C=O) groups excluding carboxylic acids is 3. The summed E-state index contributed by atoms with van der Waals surface area (Å²) in [6, 6.07) is 12.2. The van der Waals surface area contributed by atoms with Gasteiger partial charge >= 0.3 is 0 Å². The molecule has 1 saturated heterocycles. The van der Waals surface area contributed by atoms with Gasteiger partial charge in [0.25, 0.3) is 5.91 Å². The van der Waals surface area contributed by atoms with Crippen LogP contribution in [0.4, 0.5) is 11.4 Å². The number of halogens is 2. The molecule has 0 N–H and O–H groups in total. The number of hydrazone groups is 1. The zero-order valence-electron chi connectivity index (χ0n) is 14.1. The number of amides is 2. The Balaban J connectivity index is 1.80. The first-order chi connectivity index (χ1) is 12.9. The van der Waals surface area contributed by atoms with Crippen LogP contribution >= 0.6 is 23.2 Å². The van der Waals surface area contributed by atoms with Gasteiger partial charge in [0, 0.05) is 17.0 Å². The third-order valence-electron chi connectivity index (χ3n) is 4.57. The van der Waals surface area contributed by atoms with Crippen molar-refractivity contribution < 1.29 is 14.4 Å². The number of ketones is 1. The molecule has 2 aromatic rings. The summed E-state index contributed by atoms with van der Waals surface area (Å²) in [5, 5.41) is 6.63. The van der Waals surface area contributed by atoms with Crippen LogP contribution in [0.3, 0.4) is 0 Å². The number of hydrogen-bond donors (Lipinski definition) is 0. The molecule has 2 amide bonds. The first kappa shape index (κ1) is 17.7. The molecule has 8 heteroatoms. The molecular formula is C19H13Cl2N3O3. The molecule has 2 aliphatic heterocycles. The smallest absolute Gasteiger partial charge is 0.259 e. The molecule has 2 aliphatic rings. The Hall–Kier alpha value is -2.70. The van der Waals surface area contributed by atoms with Crippen molar-refractivity contribution >= 4 is 57.9 Å². The second-order valence-electron chi connectivity index (χ2n) is 6.28. The Morgan fingerprint density at radius 3 is 2.30 bits per heavy atom. The Labute approximate surface area is 165 Å². The zero-order valence-corrected chi connectivity index (χ0v) is 15.6. The van der Waals surface area contributed by atoms with Gasteiger partial charge in [-0.3, -0.25) is 19.4 Å². The lowest BCUT2D eigenvalue weighted by Gasteiger charge is -2.22. The van der Waals surface area contributed by atoms with Crippen LogP contribution in [0.25, 0.3) is 0 Å². The maximum atomic E-state index is 13.1. The molecular weight excluding hydrogens is 389 g/mol. The second-order valence-corrected chi connectivity index (χ2v) is 7.15. The molecule has 27 heavy (non-hydrogen) atoms. The number of benzene rings is 2. The van der Waals surface area contributed by atoms with Gasteiger partial charge in [-0.05, 0) is 42.5 Å². The molecule has 0 radical (unpaired) electrons. The summed E-state index contributed by atoms with van der Waals surface area (Å²) in [6.45, 7) is 1.33. The van der Waals surface area contributed by atoms with E-state index in [1.54, 1.807) is 42.5 Å². The number of nitrogens with zero attached hydrogens (tertiary/aromatic N) is 3. The lowest BCUT2D eigenvalue weighted by molar-refractivity contribution is -0.122. The number of fused-ring (bicyclic) bond motifs is 1. The average molecular weight is 402 g/mol. The Morgan fingerprint density at radius 2 is 1.67 bits per heavy atom. The number of carbonyl (C=O) groups is 3. The minimum atomic E-state index is -0.954. The van der Waals surface area contributed by atoms with E-state index in [1.165, 1.54) is 18.0 Å². The van der Waals surface area contributed by atoms with E-state index in [-0.39, 0.29) is 11.5 Å². The van der Waals surface area contributed by atoms with E-state index in [4.69, 9.17) is 23.2 Å². The van der Waals surface area contributed by atoms with Crippen LogP contribution < -0.4 is 9.91 Å². The fourth-order valence-corrected chi connectivity index (χ4v) is 3.69. The standard InChI is InChI=1S/C19H13Cl2N3O3/c1-10(25)16-15-17(24(22-16)13-7-5-11(20)6-8-13)19(27)23(18(15)26)14-4-2-3-12(21)9-14/h2-9,15,17H,1H3/t15-,17+/m1/s1. The van der Waals surface area contributed by atoms with E-state index in [2.05, 4.69) is 5.10 Å². The van der Waals surface area contributed by atoms with Gasteiger partial charge < -0.3 is 0 Å². The first-order valence-corrected chi connectivity index (χ1v) is 8.91. The highest BCUT2D eigenvalue weighted by atomic mass is 35.5. The first-order valence-electron chi connectivity index (χ1n) is 8.16. The number of Topliss-reactive ketones (excluding diaryl/α,β-unsaturated/α-hetero) is 1. The van der Waals surface area contributed by atoms with Crippen molar-refractivity contribution in [1.29, 1.82) is 0 Å². The van der Waals surface area contributed by atoms with Gasteiger partial charge in [0.1, 0.15) is 17.7 Å². The summed E-state index contributed by atoms with van der Waals surface area (Å²) in [4.78, 5) is 39.3. The van der Waals surface area contributed by atoms with E-state index in [0.29, 0.717) is 21.4 Å². The van der Waals surface area contributed by atoms with Crippen molar-refractivity contribution in [3.63, 3.8) is 0 Å². The van der Waals surface area contributed by atoms with Crippen molar-refractivity contribution in [3.05, 3.63) is 58.6 Å². The molecule has 2 aromatic carbocycles. The van der Waals surface area contributed by atoms with Gasteiger partial charge in [0.05, 0.1) is 11.4 Å². The summed E-state index contributed by atoms with van der Waals surface area (Å²) in [5.41, 5.74) is 1.00. The molecule has 0 aliphatic carbocycles. The van der Waals surface area contributed by atoms with Gasteiger partial charge in [-0.2, -0.15) is 5.10 Å². The van der Waals surface area contributed by atoms with Crippen LogP contribution in [0.2, 0.25) is 10.0 Å². The maximum absolute atomic E-state index is 13.1. The fourth-order valence-electron chi connectivity index (χ4n) is 3.38. The van der Waals surface area contributed by atoms with Crippen molar-refractivity contribution in [3.8, 4) is 0 Å². The van der Waals surface area contributed by atoms with Crippen LogP contribution in [0.1, 0.15) is 6.92 Å². The molecule has 6 nitrogen and oxygen atoms in total. The molecule has 0 unspecified atom stereocenters. The lowest BCUT2D eigenvalue weighted by Crippen LogP contribution is -2.39. The average Bonchev–Trinajstić information content (AvgIpc) is 3.13. The van der Waals surface area contributed by atoms with Crippen molar-refractivity contribution in [1.82, 2.24) is 0 Å². The second kappa shape index (κ2) is 6.48. The lowest BCUT2D eigenvalue weighted by atomic mass is 9.95. The molecule has 2 heterocycles. The molecule has 4 rings (SSSR count). The van der Waals surface area contributed by atoms with Crippen LogP contribution in [-0.2, 0) is 14.4 Å². The summed E-state index contributed by atoms with van der Waals surface area (Å²) in [7, 11) is 0. The molecule has 0 bridgehead atoms. The van der Waals surface area contributed by atoms with Crippen LogP contribution in [0.5, 0.6) is 0 Å². The quantitative estimate of drug-likeness (QED) is 0.739.